The van der Waals surface area contributed by atoms with Gasteiger partial charge < -0.3 is 14.7 Å². The Hall–Kier alpha value is -2.20. The second kappa shape index (κ2) is 5.30. The molecule has 0 radical (unpaired) electrons. The molecule has 1 amide bonds. The quantitative estimate of drug-likeness (QED) is 0.925. The lowest BCUT2D eigenvalue weighted by atomic mass is 10.1. The molecule has 21 heavy (non-hydrogen) atoms. The molecule has 0 spiro atoms. The molecule has 0 saturated carbocycles. The summed E-state index contributed by atoms with van der Waals surface area (Å²) in [5, 5.41) is 10.3. The van der Waals surface area contributed by atoms with Crippen LogP contribution in [0.3, 0.4) is 0 Å². The third-order valence-corrected chi connectivity index (χ3v) is 3.66. The molecule has 0 aromatic heterocycles. The molecule has 1 aliphatic heterocycles. The molecule has 0 fully saturated rings. The molecule has 0 saturated heterocycles. The summed E-state index contributed by atoms with van der Waals surface area (Å²) in [5.74, 6) is 0.553. The first-order chi connectivity index (χ1) is 10.0. The van der Waals surface area contributed by atoms with Crippen molar-refractivity contribution >= 4 is 23.2 Å². The number of benzene rings is 2. The summed E-state index contributed by atoms with van der Waals surface area (Å²) in [6.07, 6.45) is -0.547. The number of phenolic OH excluding ortho intramolecular Hbond substituents is 1. The van der Waals surface area contributed by atoms with E-state index in [1.54, 1.807) is 36.1 Å². The smallest absolute Gasteiger partial charge is 0.268 e. The largest absolute Gasteiger partial charge is 0.508 e. The molecule has 2 aromatic carbocycles. The van der Waals surface area contributed by atoms with E-state index in [0.717, 1.165) is 5.56 Å². The molecule has 0 bridgehead atoms. The lowest BCUT2D eigenvalue weighted by molar-refractivity contribution is -0.125. The number of anilines is 1. The Morgan fingerprint density at radius 2 is 1.95 bits per heavy atom. The van der Waals surface area contributed by atoms with Gasteiger partial charge >= 0.3 is 0 Å². The summed E-state index contributed by atoms with van der Waals surface area (Å²) in [7, 11) is 0. The fourth-order valence-corrected chi connectivity index (χ4v) is 2.46. The van der Waals surface area contributed by atoms with Crippen molar-refractivity contribution in [1.29, 1.82) is 0 Å². The van der Waals surface area contributed by atoms with Crippen LogP contribution in [-0.4, -0.2) is 17.1 Å². The van der Waals surface area contributed by atoms with Gasteiger partial charge in [-0.3, -0.25) is 4.79 Å². The highest BCUT2D eigenvalue weighted by Gasteiger charge is 2.31. The van der Waals surface area contributed by atoms with Crippen LogP contribution in [0.2, 0.25) is 5.02 Å². The van der Waals surface area contributed by atoms with E-state index in [1.807, 2.05) is 12.1 Å². The Morgan fingerprint density at radius 1 is 1.24 bits per heavy atom. The van der Waals surface area contributed by atoms with Crippen LogP contribution in [-0.2, 0) is 11.3 Å². The summed E-state index contributed by atoms with van der Waals surface area (Å²) in [5.41, 5.74) is 1.53. The van der Waals surface area contributed by atoms with Gasteiger partial charge in [-0.05, 0) is 36.8 Å². The van der Waals surface area contributed by atoms with Crippen molar-refractivity contribution in [3.63, 3.8) is 0 Å². The van der Waals surface area contributed by atoms with Gasteiger partial charge in [-0.1, -0.05) is 23.7 Å². The van der Waals surface area contributed by atoms with E-state index in [0.29, 0.717) is 23.0 Å². The first-order valence-electron chi connectivity index (χ1n) is 6.60. The van der Waals surface area contributed by atoms with Gasteiger partial charge in [0.25, 0.3) is 5.91 Å². The van der Waals surface area contributed by atoms with Gasteiger partial charge in [-0.2, -0.15) is 0 Å². The maximum absolute atomic E-state index is 12.4. The van der Waals surface area contributed by atoms with Crippen molar-refractivity contribution in [2.45, 2.75) is 19.6 Å². The molecule has 1 atom stereocenters. The lowest BCUT2D eigenvalue weighted by Gasteiger charge is -2.33. The number of phenols is 1. The van der Waals surface area contributed by atoms with Crippen LogP contribution in [0.1, 0.15) is 12.5 Å². The molecule has 3 rings (SSSR count). The van der Waals surface area contributed by atoms with Crippen molar-refractivity contribution in [2.24, 2.45) is 0 Å². The highest BCUT2D eigenvalue weighted by Crippen LogP contribution is 2.37. The number of fused-ring (bicyclic) bond motifs is 1. The van der Waals surface area contributed by atoms with Crippen molar-refractivity contribution in [1.82, 2.24) is 0 Å². The van der Waals surface area contributed by atoms with Crippen LogP contribution < -0.4 is 9.64 Å². The summed E-state index contributed by atoms with van der Waals surface area (Å²) >= 11 is 5.87. The van der Waals surface area contributed by atoms with Gasteiger partial charge in [0, 0.05) is 11.1 Å². The molecule has 0 aliphatic carbocycles. The zero-order valence-electron chi connectivity index (χ0n) is 11.4. The van der Waals surface area contributed by atoms with Crippen LogP contribution in [0.5, 0.6) is 11.5 Å². The topological polar surface area (TPSA) is 49.8 Å². The van der Waals surface area contributed by atoms with Crippen LogP contribution >= 0.6 is 11.6 Å². The Balaban J connectivity index is 1.98. The van der Waals surface area contributed by atoms with Gasteiger partial charge in [0.1, 0.15) is 11.5 Å². The fourth-order valence-electron chi connectivity index (χ4n) is 2.33. The Bertz CT molecular complexity index is 684. The number of carbonyl (C=O) groups excluding carboxylic acids is 1. The minimum atomic E-state index is -0.547. The van der Waals surface area contributed by atoms with Crippen molar-refractivity contribution < 1.29 is 14.6 Å². The molecule has 1 unspecified atom stereocenters. The minimum absolute atomic E-state index is 0.0980. The van der Waals surface area contributed by atoms with E-state index < -0.39 is 6.10 Å². The number of rotatable bonds is 2. The van der Waals surface area contributed by atoms with Crippen LogP contribution in [0.15, 0.2) is 42.5 Å². The average molecular weight is 304 g/mol. The van der Waals surface area contributed by atoms with Gasteiger partial charge in [0.05, 0.1) is 12.2 Å². The standard InChI is InChI=1S/C16H14ClNO3/c1-10-16(20)18(9-11-2-4-12(17)5-3-11)14-8-13(19)6-7-15(14)21-10/h2-8,10,19H,9H2,1H3. The number of nitrogens with zero attached hydrogens (tertiary/aromatic N) is 1. The molecule has 2 aromatic rings. The van der Waals surface area contributed by atoms with Crippen molar-refractivity contribution in [2.75, 3.05) is 4.90 Å². The van der Waals surface area contributed by atoms with Gasteiger partial charge in [-0.15, -0.1) is 0 Å². The molecule has 108 valence electrons. The molecule has 1 aliphatic rings. The number of aromatic hydroxyl groups is 1. The Labute approximate surface area is 127 Å². The lowest BCUT2D eigenvalue weighted by Crippen LogP contribution is -2.43. The third kappa shape index (κ3) is 2.67. The molecule has 1 N–H and O–H groups in total. The van der Waals surface area contributed by atoms with E-state index in [2.05, 4.69) is 0 Å². The van der Waals surface area contributed by atoms with Gasteiger partial charge in [0.15, 0.2) is 6.10 Å². The Kier molecular flexibility index (Phi) is 3.47. The molecular weight excluding hydrogens is 290 g/mol. The van der Waals surface area contributed by atoms with Crippen LogP contribution in [0, 0.1) is 0 Å². The van der Waals surface area contributed by atoms with Gasteiger partial charge in [-0.25, -0.2) is 0 Å². The maximum Gasteiger partial charge on any atom is 0.268 e. The van der Waals surface area contributed by atoms with Crippen molar-refractivity contribution in [3.8, 4) is 11.5 Å². The predicted octanol–water partition coefficient (Wildman–Crippen LogP) is 3.36. The number of ether oxygens (including phenoxy) is 1. The summed E-state index contributed by atoms with van der Waals surface area (Å²) in [4.78, 5) is 14.0. The van der Waals surface area contributed by atoms with Crippen LogP contribution in [0.4, 0.5) is 5.69 Å². The van der Waals surface area contributed by atoms with E-state index in [1.165, 1.54) is 6.07 Å². The highest BCUT2D eigenvalue weighted by molar-refractivity contribution is 6.30. The zero-order chi connectivity index (χ0) is 15.0. The van der Waals surface area contributed by atoms with E-state index in [-0.39, 0.29) is 11.7 Å². The number of hydrogen-bond acceptors (Lipinski definition) is 3. The van der Waals surface area contributed by atoms with Crippen LogP contribution in [0.25, 0.3) is 0 Å². The fraction of sp³-hybridized carbons (Fsp3) is 0.188. The van der Waals surface area contributed by atoms with Gasteiger partial charge in [0.2, 0.25) is 0 Å². The molecule has 4 nitrogen and oxygen atoms in total. The maximum atomic E-state index is 12.4. The number of amides is 1. The predicted molar refractivity (Wildman–Crippen MR) is 80.8 cm³/mol. The van der Waals surface area contributed by atoms with Crippen molar-refractivity contribution in [3.05, 3.63) is 53.1 Å². The third-order valence-electron chi connectivity index (χ3n) is 3.40. The highest BCUT2D eigenvalue weighted by atomic mass is 35.5. The second-order valence-corrected chi connectivity index (χ2v) is 5.40. The number of hydrogen-bond donors (Lipinski definition) is 1. The first-order valence-corrected chi connectivity index (χ1v) is 6.98. The average Bonchev–Trinajstić information content (AvgIpc) is 2.47. The number of halogens is 1. The molecule has 5 heteroatoms. The number of carbonyl (C=O) groups is 1. The summed E-state index contributed by atoms with van der Waals surface area (Å²) in [6.45, 7) is 2.12. The SMILES string of the molecule is CC1Oc2ccc(O)cc2N(Cc2ccc(Cl)cc2)C1=O. The van der Waals surface area contributed by atoms with E-state index >= 15 is 0 Å². The zero-order valence-corrected chi connectivity index (χ0v) is 12.2. The summed E-state index contributed by atoms with van der Waals surface area (Å²) in [6, 6.07) is 12.1. The minimum Gasteiger partial charge on any atom is -0.508 e. The normalized spacial score (nSPS) is 17.3. The van der Waals surface area contributed by atoms with E-state index in [4.69, 9.17) is 16.3 Å². The monoisotopic (exact) mass is 303 g/mol. The molecule has 1 heterocycles. The second-order valence-electron chi connectivity index (χ2n) is 4.96. The summed E-state index contributed by atoms with van der Waals surface area (Å²) < 4.78 is 5.56. The first kappa shape index (κ1) is 13.8. The molecular formula is C16H14ClNO3. The van der Waals surface area contributed by atoms with E-state index in [9.17, 15) is 9.90 Å². The Morgan fingerprint density at radius 3 is 2.67 bits per heavy atom.